The van der Waals surface area contributed by atoms with Gasteiger partial charge in [-0.3, -0.25) is 5.01 Å². The van der Waals surface area contributed by atoms with Gasteiger partial charge >= 0.3 is 0 Å². The number of nitrogens with zero attached hydrogens (tertiary/aromatic N) is 5. The van der Waals surface area contributed by atoms with Crippen molar-refractivity contribution in [3.05, 3.63) is 78.2 Å². The quantitative estimate of drug-likeness (QED) is 0.530. The van der Waals surface area contributed by atoms with Crippen molar-refractivity contribution >= 4 is 17.2 Å². The van der Waals surface area contributed by atoms with Crippen LogP contribution in [0.3, 0.4) is 0 Å². The maximum atomic E-state index is 14.2. The summed E-state index contributed by atoms with van der Waals surface area (Å²) in [4.78, 5) is 12.3. The summed E-state index contributed by atoms with van der Waals surface area (Å²) in [5, 5.41) is 6.22. The predicted molar refractivity (Wildman–Crippen MR) is 101 cm³/mol. The molecule has 0 saturated heterocycles. The van der Waals surface area contributed by atoms with Gasteiger partial charge in [-0.05, 0) is 26.0 Å². The maximum absolute atomic E-state index is 14.2. The van der Waals surface area contributed by atoms with E-state index in [0.29, 0.717) is 34.4 Å². The number of halogens is 1. The van der Waals surface area contributed by atoms with Gasteiger partial charge in [0.15, 0.2) is 18.0 Å². The average Bonchev–Trinajstić information content (AvgIpc) is 3.18. The Morgan fingerprint density at radius 2 is 2.15 bits per heavy atom. The Hall–Kier alpha value is -3.55. The van der Waals surface area contributed by atoms with E-state index >= 15 is 0 Å². The molecule has 0 aliphatic rings. The van der Waals surface area contributed by atoms with Crippen LogP contribution < -0.4 is 5.73 Å². The molecule has 0 amide bonds. The van der Waals surface area contributed by atoms with E-state index in [1.54, 1.807) is 48.6 Å². The molecule has 27 heavy (non-hydrogen) atoms. The first-order valence-corrected chi connectivity index (χ1v) is 8.28. The minimum absolute atomic E-state index is 0.187. The average molecular weight is 366 g/mol. The highest BCUT2D eigenvalue weighted by Crippen LogP contribution is 2.23. The molecule has 2 aromatic heterocycles. The van der Waals surface area contributed by atoms with Gasteiger partial charge in [0.05, 0.1) is 18.4 Å². The van der Waals surface area contributed by atoms with Crippen molar-refractivity contribution in [2.45, 2.75) is 20.4 Å². The minimum atomic E-state index is -0.316. The number of allylic oxidation sites excluding steroid dienone is 1. The predicted octanol–water partition coefficient (Wildman–Crippen LogP) is 3.47. The molecule has 0 aliphatic carbocycles. The fourth-order valence-corrected chi connectivity index (χ4v) is 2.50. The first kappa shape index (κ1) is 18.2. The lowest BCUT2D eigenvalue weighted by atomic mass is 10.2. The normalized spacial score (nSPS) is 12.3. The van der Waals surface area contributed by atoms with Crippen LogP contribution >= 0.6 is 0 Å². The van der Waals surface area contributed by atoms with Gasteiger partial charge in [0.1, 0.15) is 17.3 Å². The summed E-state index contributed by atoms with van der Waals surface area (Å²) in [5.41, 5.74) is 7.38. The molecule has 0 atom stereocenters. The topological polar surface area (TPSA) is 93.4 Å². The van der Waals surface area contributed by atoms with Crippen LogP contribution in [0.25, 0.3) is 5.70 Å². The number of aromatic nitrogens is 3. The molecule has 1 aromatic carbocycles. The molecule has 3 aromatic rings. The van der Waals surface area contributed by atoms with E-state index in [1.807, 2.05) is 13.0 Å². The van der Waals surface area contributed by atoms with Crippen molar-refractivity contribution in [2.75, 3.05) is 5.73 Å². The fourth-order valence-electron chi connectivity index (χ4n) is 2.50. The summed E-state index contributed by atoms with van der Waals surface area (Å²) in [7, 11) is 0. The molecule has 2 heterocycles. The van der Waals surface area contributed by atoms with Crippen LogP contribution in [0.2, 0.25) is 0 Å². The number of anilines is 1. The van der Waals surface area contributed by atoms with Gasteiger partial charge in [-0.1, -0.05) is 24.3 Å². The number of hydrazone groups is 1. The van der Waals surface area contributed by atoms with Gasteiger partial charge in [0.2, 0.25) is 0 Å². The molecule has 0 radical (unpaired) electrons. The third-order valence-corrected chi connectivity index (χ3v) is 3.79. The van der Waals surface area contributed by atoms with Crippen molar-refractivity contribution < 1.29 is 8.81 Å². The Morgan fingerprint density at radius 3 is 2.81 bits per heavy atom. The van der Waals surface area contributed by atoms with Crippen LogP contribution in [0, 0.1) is 5.82 Å². The molecule has 2 N–H and O–H groups in total. The lowest BCUT2D eigenvalue weighted by molar-refractivity contribution is 0.388. The second-order valence-corrected chi connectivity index (χ2v) is 5.68. The van der Waals surface area contributed by atoms with Crippen molar-refractivity contribution in [3.8, 4) is 0 Å². The van der Waals surface area contributed by atoms with Crippen molar-refractivity contribution in [1.82, 2.24) is 20.0 Å². The zero-order valence-electron chi connectivity index (χ0n) is 15.0. The lowest BCUT2D eigenvalue weighted by Gasteiger charge is -2.22. The largest absolute Gasteiger partial charge is 0.442 e. The summed E-state index contributed by atoms with van der Waals surface area (Å²) in [5.74, 6) is 0.931. The highest BCUT2D eigenvalue weighted by atomic mass is 19.1. The summed E-state index contributed by atoms with van der Waals surface area (Å²) in [6.07, 6.45) is 6.28. The number of benzene rings is 1. The zero-order valence-corrected chi connectivity index (χ0v) is 15.0. The van der Waals surface area contributed by atoms with Crippen LogP contribution in [-0.2, 0) is 6.54 Å². The van der Waals surface area contributed by atoms with Gasteiger partial charge in [0, 0.05) is 11.8 Å². The van der Waals surface area contributed by atoms with Crippen LogP contribution in [0.1, 0.15) is 31.0 Å². The second kappa shape index (κ2) is 8.22. The Morgan fingerprint density at radius 1 is 1.33 bits per heavy atom. The van der Waals surface area contributed by atoms with E-state index in [9.17, 15) is 4.39 Å². The first-order valence-electron chi connectivity index (χ1n) is 8.28. The van der Waals surface area contributed by atoms with E-state index in [0.717, 1.165) is 0 Å². The third-order valence-electron chi connectivity index (χ3n) is 3.79. The van der Waals surface area contributed by atoms with Crippen molar-refractivity contribution in [1.29, 1.82) is 0 Å². The molecular formula is C19H19FN6O. The van der Waals surface area contributed by atoms with Gasteiger partial charge in [0.25, 0.3) is 0 Å². The van der Waals surface area contributed by atoms with E-state index in [1.165, 1.54) is 12.5 Å². The second-order valence-electron chi connectivity index (χ2n) is 5.68. The molecule has 0 aliphatic heterocycles. The van der Waals surface area contributed by atoms with E-state index in [2.05, 4.69) is 20.1 Å². The number of hydrogen-bond donors (Lipinski definition) is 1. The van der Waals surface area contributed by atoms with E-state index in [4.69, 9.17) is 10.2 Å². The van der Waals surface area contributed by atoms with E-state index in [-0.39, 0.29) is 12.4 Å². The molecule has 138 valence electrons. The third kappa shape index (κ3) is 4.35. The molecule has 8 heteroatoms. The van der Waals surface area contributed by atoms with Crippen LogP contribution in [-0.4, -0.2) is 25.7 Å². The number of nitrogens with two attached hydrogens (primary N) is 1. The summed E-state index contributed by atoms with van der Waals surface area (Å²) < 4.78 is 19.6. The lowest BCUT2D eigenvalue weighted by Crippen LogP contribution is -2.19. The monoisotopic (exact) mass is 366 g/mol. The van der Waals surface area contributed by atoms with Crippen LogP contribution in [0.5, 0.6) is 0 Å². The number of nitrogen functional groups attached to an aromatic ring is 1. The van der Waals surface area contributed by atoms with Crippen molar-refractivity contribution in [3.63, 3.8) is 0 Å². The molecule has 0 fully saturated rings. The molecule has 0 saturated carbocycles. The van der Waals surface area contributed by atoms with Crippen LogP contribution in [0.4, 0.5) is 10.2 Å². The van der Waals surface area contributed by atoms with Gasteiger partial charge in [-0.15, -0.1) is 0 Å². The van der Waals surface area contributed by atoms with E-state index < -0.39 is 0 Å². The standard InChI is InChI=1S/C19H19FN6O/c1-3-16(17-10-22-12-27-17)26(11-14-6-4-5-7-15(14)20)25-13(2)19-23-9-8-18(21)24-19/h3-10,12H,11H2,1-2H3,(H2,21,23,24)/b16-3-,25-13+. The first-order chi connectivity index (χ1) is 13.1. The molecule has 0 spiro atoms. The zero-order chi connectivity index (χ0) is 19.2. The minimum Gasteiger partial charge on any atom is -0.442 e. The van der Waals surface area contributed by atoms with Gasteiger partial charge < -0.3 is 10.2 Å². The summed E-state index contributed by atoms with van der Waals surface area (Å²) in [6.45, 7) is 3.79. The smallest absolute Gasteiger partial charge is 0.181 e. The Kier molecular flexibility index (Phi) is 5.55. The highest BCUT2D eigenvalue weighted by Gasteiger charge is 2.17. The molecule has 0 bridgehead atoms. The molecular weight excluding hydrogens is 347 g/mol. The molecule has 0 unspecified atom stereocenters. The van der Waals surface area contributed by atoms with Crippen molar-refractivity contribution in [2.24, 2.45) is 5.10 Å². The number of hydrogen-bond acceptors (Lipinski definition) is 7. The Bertz CT molecular complexity index is 968. The summed E-state index contributed by atoms with van der Waals surface area (Å²) >= 11 is 0. The van der Waals surface area contributed by atoms with Gasteiger partial charge in [-0.25, -0.2) is 19.3 Å². The Balaban J connectivity index is 2.01. The number of oxazole rings is 1. The SMILES string of the molecule is C/C=C(/c1cnco1)N(Cc1ccccc1F)/N=C(\C)c1nccc(N)n1. The maximum Gasteiger partial charge on any atom is 0.181 e. The molecule has 3 rings (SSSR count). The summed E-state index contributed by atoms with van der Waals surface area (Å²) in [6, 6.07) is 8.13. The van der Waals surface area contributed by atoms with Crippen LogP contribution in [0.15, 0.2) is 64.7 Å². The number of rotatable bonds is 6. The highest BCUT2D eigenvalue weighted by molar-refractivity contribution is 5.95. The van der Waals surface area contributed by atoms with Gasteiger partial charge in [-0.2, -0.15) is 5.10 Å². The Labute approximate surface area is 156 Å². The fraction of sp³-hybridized carbons (Fsp3) is 0.158. The molecule has 7 nitrogen and oxygen atoms in total.